The van der Waals surface area contributed by atoms with Crippen LogP contribution >= 0.6 is 0 Å². The molecular formula is C18H26F3NO3. The SMILES string of the molecule is CC(C)(C)C(=O)O[C@@H]1C[C@@]23CC(C[C@@H]1C2)CN(C(=O)CC(F)(F)F)C3. The van der Waals surface area contributed by atoms with Crippen LogP contribution < -0.4 is 0 Å². The molecule has 0 radical (unpaired) electrons. The Morgan fingerprint density at radius 2 is 1.84 bits per heavy atom. The number of piperidine rings is 1. The molecule has 1 spiro atoms. The fourth-order valence-corrected chi connectivity index (χ4v) is 4.93. The lowest BCUT2D eigenvalue weighted by Crippen LogP contribution is -2.51. The summed E-state index contributed by atoms with van der Waals surface area (Å²) in [6.45, 7) is 6.19. The van der Waals surface area contributed by atoms with Crippen molar-refractivity contribution in [3.63, 3.8) is 0 Å². The number of fused-ring (bicyclic) bond motifs is 2. The van der Waals surface area contributed by atoms with Crippen molar-refractivity contribution in [1.82, 2.24) is 4.90 Å². The van der Waals surface area contributed by atoms with Gasteiger partial charge in [-0.05, 0) is 63.7 Å². The summed E-state index contributed by atoms with van der Waals surface area (Å²) in [4.78, 5) is 25.6. The van der Waals surface area contributed by atoms with Gasteiger partial charge in [-0.1, -0.05) is 0 Å². The highest BCUT2D eigenvalue weighted by Gasteiger charge is 2.56. The molecule has 1 heterocycles. The van der Waals surface area contributed by atoms with Crippen molar-refractivity contribution in [3.05, 3.63) is 0 Å². The molecular weight excluding hydrogens is 335 g/mol. The molecule has 0 aromatic heterocycles. The minimum Gasteiger partial charge on any atom is -0.462 e. The van der Waals surface area contributed by atoms with E-state index in [9.17, 15) is 22.8 Å². The topological polar surface area (TPSA) is 46.6 Å². The number of likely N-dealkylation sites (tertiary alicyclic amines) is 1. The number of nitrogens with zero attached hydrogens (tertiary/aromatic N) is 1. The number of amides is 1. The highest BCUT2D eigenvalue weighted by Crippen LogP contribution is 2.57. The van der Waals surface area contributed by atoms with Crippen LogP contribution in [-0.4, -0.2) is 42.1 Å². The van der Waals surface area contributed by atoms with Crippen LogP contribution in [0, 0.1) is 22.7 Å². The molecule has 0 N–H and O–H groups in total. The van der Waals surface area contributed by atoms with Crippen LogP contribution in [0.4, 0.5) is 13.2 Å². The van der Waals surface area contributed by atoms with Gasteiger partial charge in [0.1, 0.15) is 12.5 Å². The largest absolute Gasteiger partial charge is 0.462 e. The van der Waals surface area contributed by atoms with E-state index in [1.807, 2.05) is 20.8 Å². The van der Waals surface area contributed by atoms with Crippen molar-refractivity contribution in [2.45, 2.75) is 65.2 Å². The average molecular weight is 361 g/mol. The lowest BCUT2D eigenvalue weighted by atomic mass is 9.68. The third-order valence-electron chi connectivity index (χ3n) is 5.79. The van der Waals surface area contributed by atoms with Crippen LogP contribution in [0.15, 0.2) is 0 Å². The van der Waals surface area contributed by atoms with Gasteiger partial charge in [-0.2, -0.15) is 13.2 Å². The monoisotopic (exact) mass is 361 g/mol. The lowest BCUT2D eigenvalue weighted by Gasteiger charge is -2.47. The van der Waals surface area contributed by atoms with Crippen LogP contribution in [0.3, 0.4) is 0 Å². The number of hydrogen-bond acceptors (Lipinski definition) is 3. The van der Waals surface area contributed by atoms with Gasteiger partial charge in [-0.15, -0.1) is 0 Å². The van der Waals surface area contributed by atoms with E-state index in [-0.39, 0.29) is 29.3 Å². The summed E-state index contributed by atoms with van der Waals surface area (Å²) in [7, 11) is 0. The first-order valence-corrected chi connectivity index (χ1v) is 8.93. The number of carbonyl (C=O) groups excluding carboxylic acids is 2. The first-order chi connectivity index (χ1) is 11.4. The Bertz CT molecular complexity index is 569. The standard InChI is InChI=1S/C18H26F3NO3/c1-16(2,3)15(24)25-13-7-17-5-11(4-12(13)6-17)9-22(10-17)14(23)8-18(19,20)21/h11-13H,4-10H2,1-3H3/t11?,12-,13-,17-/m1/s1. The second-order valence-electron chi connectivity index (χ2n) is 9.23. The highest BCUT2D eigenvalue weighted by atomic mass is 19.4. The molecule has 0 aromatic carbocycles. The molecule has 7 heteroatoms. The van der Waals surface area contributed by atoms with Gasteiger partial charge in [0.05, 0.1) is 5.41 Å². The molecule has 2 aliphatic carbocycles. The number of ether oxygens (including phenoxy) is 1. The molecule has 25 heavy (non-hydrogen) atoms. The predicted molar refractivity (Wildman–Crippen MR) is 84.5 cm³/mol. The van der Waals surface area contributed by atoms with Crippen molar-refractivity contribution >= 4 is 11.9 Å². The van der Waals surface area contributed by atoms with E-state index >= 15 is 0 Å². The molecule has 1 unspecified atom stereocenters. The van der Waals surface area contributed by atoms with E-state index in [2.05, 4.69) is 0 Å². The quantitative estimate of drug-likeness (QED) is 0.707. The zero-order valence-corrected chi connectivity index (χ0v) is 15.0. The molecule has 3 aliphatic rings. The average Bonchev–Trinajstić information content (AvgIpc) is 2.67. The van der Waals surface area contributed by atoms with Crippen molar-refractivity contribution in [2.75, 3.05) is 13.1 Å². The van der Waals surface area contributed by atoms with Gasteiger partial charge >= 0.3 is 12.1 Å². The molecule has 3 fully saturated rings. The summed E-state index contributed by atoms with van der Waals surface area (Å²) in [5.74, 6) is -0.584. The van der Waals surface area contributed by atoms with Crippen molar-refractivity contribution in [2.24, 2.45) is 22.7 Å². The molecule has 142 valence electrons. The Kier molecular flexibility index (Phi) is 4.35. The van der Waals surface area contributed by atoms with Gasteiger partial charge in [-0.25, -0.2) is 0 Å². The number of hydrogen-bond donors (Lipinski definition) is 0. The summed E-state index contributed by atoms with van der Waals surface area (Å²) in [5, 5.41) is 0. The smallest absolute Gasteiger partial charge is 0.397 e. The maximum atomic E-state index is 12.5. The molecule has 3 rings (SSSR count). The van der Waals surface area contributed by atoms with Crippen LogP contribution in [0.5, 0.6) is 0 Å². The molecule has 1 aliphatic heterocycles. The Morgan fingerprint density at radius 1 is 1.16 bits per heavy atom. The van der Waals surface area contributed by atoms with Gasteiger partial charge in [0.15, 0.2) is 0 Å². The van der Waals surface area contributed by atoms with Gasteiger partial charge in [-0.3, -0.25) is 9.59 Å². The molecule has 1 saturated heterocycles. The molecule has 2 saturated carbocycles. The highest BCUT2D eigenvalue weighted by molar-refractivity contribution is 5.77. The Hall–Kier alpha value is -1.27. The maximum absolute atomic E-state index is 12.5. The zero-order chi connectivity index (χ0) is 18.6. The van der Waals surface area contributed by atoms with E-state index in [1.165, 1.54) is 4.90 Å². The van der Waals surface area contributed by atoms with Crippen molar-refractivity contribution in [3.8, 4) is 0 Å². The van der Waals surface area contributed by atoms with Crippen LogP contribution in [-0.2, 0) is 14.3 Å². The third kappa shape index (κ3) is 3.95. The summed E-state index contributed by atoms with van der Waals surface area (Å²) >= 11 is 0. The Balaban J connectivity index is 1.69. The predicted octanol–water partition coefficient (Wildman–Crippen LogP) is 3.55. The third-order valence-corrected chi connectivity index (χ3v) is 5.79. The van der Waals surface area contributed by atoms with Gasteiger partial charge in [0.25, 0.3) is 0 Å². The number of esters is 1. The second-order valence-corrected chi connectivity index (χ2v) is 9.23. The summed E-state index contributed by atoms with van der Waals surface area (Å²) in [5.41, 5.74) is -0.756. The van der Waals surface area contributed by atoms with Gasteiger partial charge in [0, 0.05) is 13.1 Å². The van der Waals surface area contributed by atoms with E-state index < -0.39 is 23.9 Å². The van der Waals surface area contributed by atoms with Crippen LogP contribution in [0.25, 0.3) is 0 Å². The maximum Gasteiger partial charge on any atom is 0.397 e. The second kappa shape index (κ2) is 5.88. The molecule has 3 bridgehead atoms. The van der Waals surface area contributed by atoms with Crippen molar-refractivity contribution < 1.29 is 27.5 Å². The van der Waals surface area contributed by atoms with E-state index in [0.29, 0.717) is 19.5 Å². The van der Waals surface area contributed by atoms with Gasteiger partial charge < -0.3 is 9.64 Å². The number of halogens is 3. The number of rotatable bonds is 2. The first-order valence-electron chi connectivity index (χ1n) is 8.93. The normalized spacial score (nSPS) is 34.8. The summed E-state index contributed by atoms with van der Waals surface area (Å²) in [6, 6.07) is 0. The van der Waals surface area contributed by atoms with E-state index in [4.69, 9.17) is 4.74 Å². The first kappa shape index (κ1) is 18.5. The minimum absolute atomic E-state index is 0.172. The summed E-state index contributed by atoms with van der Waals surface area (Å²) in [6.07, 6.45) is -2.80. The molecule has 0 aromatic rings. The van der Waals surface area contributed by atoms with Crippen LogP contribution in [0.1, 0.15) is 52.9 Å². The lowest BCUT2D eigenvalue weighted by molar-refractivity contribution is -0.165. The molecule has 1 amide bonds. The fourth-order valence-electron chi connectivity index (χ4n) is 4.93. The molecule has 4 atom stereocenters. The van der Waals surface area contributed by atoms with Crippen molar-refractivity contribution in [1.29, 1.82) is 0 Å². The van der Waals surface area contributed by atoms with E-state index in [1.54, 1.807) is 0 Å². The molecule has 4 nitrogen and oxygen atoms in total. The number of alkyl halides is 3. The fraction of sp³-hybridized carbons (Fsp3) is 0.889. The van der Waals surface area contributed by atoms with E-state index in [0.717, 1.165) is 19.3 Å². The Labute approximate surface area is 146 Å². The minimum atomic E-state index is -4.47. The zero-order valence-electron chi connectivity index (χ0n) is 15.0. The Morgan fingerprint density at radius 3 is 2.44 bits per heavy atom. The van der Waals surface area contributed by atoms with Crippen LogP contribution in [0.2, 0.25) is 0 Å². The summed E-state index contributed by atoms with van der Waals surface area (Å²) < 4.78 is 43.4. The van der Waals surface area contributed by atoms with Gasteiger partial charge in [0.2, 0.25) is 5.91 Å². The number of carbonyl (C=O) groups is 2.